The summed E-state index contributed by atoms with van der Waals surface area (Å²) in [7, 11) is 0. The Kier molecular flexibility index (Phi) is 4.40. The molecule has 0 amide bonds. The molecule has 0 unspecified atom stereocenters. The molecule has 2 nitrogen and oxygen atoms in total. The fraction of sp³-hybridized carbons (Fsp3) is 0.0714. The lowest BCUT2D eigenvalue weighted by Crippen LogP contribution is -1.98. The van der Waals surface area contributed by atoms with Crippen LogP contribution in [0.5, 0.6) is 5.75 Å². The zero-order valence-corrected chi connectivity index (χ0v) is 11.2. The van der Waals surface area contributed by atoms with Crippen molar-refractivity contribution in [2.75, 3.05) is 0 Å². The molecule has 0 bridgehead atoms. The molecule has 0 aliphatic heterocycles. The Balaban J connectivity index is 2.19. The van der Waals surface area contributed by atoms with Gasteiger partial charge in [0.15, 0.2) is 0 Å². The molecular weight excluding hydrogens is 290 g/mol. The molecule has 0 radical (unpaired) electrons. The molecule has 0 saturated carbocycles. The summed E-state index contributed by atoms with van der Waals surface area (Å²) in [5, 5.41) is 0.944. The fourth-order valence-corrected chi connectivity index (χ4v) is 2.07. The Morgan fingerprint density at radius 1 is 1.16 bits per heavy atom. The second kappa shape index (κ2) is 6.04. The van der Waals surface area contributed by atoms with Crippen molar-refractivity contribution < 1.29 is 13.9 Å². The van der Waals surface area contributed by atoms with Crippen molar-refractivity contribution in [3.05, 3.63) is 63.4 Å². The van der Waals surface area contributed by atoms with E-state index in [1.807, 2.05) is 0 Å². The van der Waals surface area contributed by atoms with E-state index >= 15 is 0 Å². The van der Waals surface area contributed by atoms with E-state index in [0.717, 1.165) is 6.07 Å². The van der Waals surface area contributed by atoms with Gasteiger partial charge < -0.3 is 4.74 Å². The lowest BCUT2D eigenvalue weighted by atomic mass is 10.2. The summed E-state index contributed by atoms with van der Waals surface area (Å²) in [4.78, 5) is 10.6. The largest absolute Gasteiger partial charge is 0.489 e. The molecule has 19 heavy (non-hydrogen) atoms. The number of carbonyl (C=O) groups excluding carboxylic acids is 1. The van der Waals surface area contributed by atoms with Gasteiger partial charge >= 0.3 is 0 Å². The molecule has 0 aliphatic carbocycles. The van der Waals surface area contributed by atoms with Crippen LogP contribution in [-0.4, -0.2) is 6.29 Å². The minimum Gasteiger partial charge on any atom is -0.489 e. The van der Waals surface area contributed by atoms with Crippen molar-refractivity contribution in [3.63, 3.8) is 0 Å². The minimum absolute atomic E-state index is 0.0975. The van der Waals surface area contributed by atoms with Gasteiger partial charge in [0, 0.05) is 27.2 Å². The Morgan fingerprint density at radius 3 is 2.47 bits per heavy atom. The third kappa shape index (κ3) is 3.46. The fourth-order valence-electron chi connectivity index (χ4n) is 1.56. The summed E-state index contributed by atoms with van der Waals surface area (Å²) < 4.78 is 18.6. The Morgan fingerprint density at radius 2 is 1.84 bits per heavy atom. The average molecular weight is 299 g/mol. The van der Waals surface area contributed by atoms with Crippen molar-refractivity contribution in [2.45, 2.75) is 6.61 Å². The third-order valence-electron chi connectivity index (χ3n) is 2.47. The van der Waals surface area contributed by atoms with Crippen molar-refractivity contribution in [2.24, 2.45) is 0 Å². The summed E-state index contributed by atoms with van der Waals surface area (Å²) in [6.45, 7) is 0.0975. The van der Waals surface area contributed by atoms with Crippen molar-refractivity contribution in [1.29, 1.82) is 0 Å². The SMILES string of the molecule is O=Cc1cc(F)cc(OCc2c(Cl)cccc2Cl)c1. The van der Waals surface area contributed by atoms with E-state index in [2.05, 4.69) is 0 Å². The van der Waals surface area contributed by atoms with Gasteiger partial charge in [-0.15, -0.1) is 0 Å². The third-order valence-corrected chi connectivity index (χ3v) is 3.18. The molecule has 2 rings (SSSR count). The van der Waals surface area contributed by atoms with Crippen molar-refractivity contribution >= 4 is 29.5 Å². The lowest BCUT2D eigenvalue weighted by Gasteiger charge is -2.10. The zero-order chi connectivity index (χ0) is 13.8. The number of ether oxygens (including phenoxy) is 1. The molecule has 5 heteroatoms. The highest BCUT2D eigenvalue weighted by Gasteiger charge is 2.07. The smallest absolute Gasteiger partial charge is 0.150 e. The molecule has 0 spiro atoms. The lowest BCUT2D eigenvalue weighted by molar-refractivity contribution is 0.112. The number of aldehydes is 1. The maximum absolute atomic E-state index is 13.2. The summed E-state index contributed by atoms with van der Waals surface area (Å²) in [5.74, 6) is -0.289. The Labute approximate surface area is 119 Å². The quantitative estimate of drug-likeness (QED) is 0.776. The van der Waals surface area contributed by atoms with Gasteiger partial charge in [-0.05, 0) is 24.3 Å². The van der Waals surface area contributed by atoms with Crippen LogP contribution in [0, 0.1) is 5.82 Å². The number of hydrogen-bond donors (Lipinski definition) is 0. The van der Waals surface area contributed by atoms with Crippen LogP contribution in [0.25, 0.3) is 0 Å². The monoisotopic (exact) mass is 298 g/mol. The summed E-state index contributed by atoms with van der Waals surface area (Å²) >= 11 is 12.0. The molecule has 2 aromatic carbocycles. The van der Waals surface area contributed by atoms with Crippen LogP contribution in [0.2, 0.25) is 10.0 Å². The first-order valence-corrected chi connectivity index (χ1v) is 6.17. The average Bonchev–Trinajstić information content (AvgIpc) is 2.37. The van der Waals surface area contributed by atoms with Gasteiger partial charge in [-0.3, -0.25) is 4.79 Å². The van der Waals surface area contributed by atoms with Crippen molar-refractivity contribution in [3.8, 4) is 5.75 Å². The first-order valence-electron chi connectivity index (χ1n) is 5.41. The summed E-state index contributed by atoms with van der Waals surface area (Å²) in [5.41, 5.74) is 0.822. The van der Waals surface area contributed by atoms with E-state index in [0.29, 0.717) is 21.9 Å². The van der Waals surface area contributed by atoms with Gasteiger partial charge in [0.2, 0.25) is 0 Å². The molecule has 0 N–H and O–H groups in total. The molecule has 0 heterocycles. The molecule has 0 aliphatic rings. The van der Waals surface area contributed by atoms with Crippen LogP contribution < -0.4 is 4.74 Å². The van der Waals surface area contributed by atoms with Crippen LogP contribution in [-0.2, 0) is 6.61 Å². The number of carbonyl (C=O) groups is 1. The summed E-state index contributed by atoms with van der Waals surface area (Å²) in [6, 6.07) is 8.87. The molecule has 2 aromatic rings. The highest BCUT2D eigenvalue weighted by Crippen LogP contribution is 2.26. The first kappa shape index (κ1) is 13.8. The van der Waals surface area contributed by atoms with Crippen LogP contribution in [0.3, 0.4) is 0 Å². The number of hydrogen-bond acceptors (Lipinski definition) is 2. The van der Waals surface area contributed by atoms with E-state index in [4.69, 9.17) is 27.9 Å². The van der Waals surface area contributed by atoms with Crippen LogP contribution in [0.4, 0.5) is 4.39 Å². The summed E-state index contributed by atoms with van der Waals surface area (Å²) in [6.07, 6.45) is 0.554. The topological polar surface area (TPSA) is 26.3 Å². The van der Waals surface area contributed by atoms with E-state index in [-0.39, 0.29) is 17.9 Å². The molecule has 98 valence electrons. The molecule has 0 atom stereocenters. The van der Waals surface area contributed by atoms with Crippen LogP contribution in [0.15, 0.2) is 36.4 Å². The highest BCUT2D eigenvalue weighted by molar-refractivity contribution is 6.35. The molecular formula is C14H9Cl2FO2. The standard InChI is InChI=1S/C14H9Cl2FO2/c15-13-2-1-3-14(16)12(13)8-19-11-5-9(7-18)4-10(17)6-11/h1-7H,8H2. The van der Waals surface area contributed by atoms with Gasteiger partial charge in [0.25, 0.3) is 0 Å². The van der Waals surface area contributed by atoms with E-state index in [1.54, 1.807) is 18.2 Å². The highest BCUT2D eigenvalue weighted by atomic mass is 35.5. The van der Waals surface area contributed by atoms with Crippen molar-refractivity contribution in [1.82, 2.24) is 0 Å². The second-order valence-electron chi connectivity index (χ2n) is 3.83. The number of halogens is 3. The Bertz CT molecular complexity index is 594. The normalized spacial score (nSPS) is 10.3. The second-order valence-corrected chi connectivity index (χ2v) is 4.64. The molecule has 0 fully saturated rings. The number of rotatable bonds is 4. The van der Waals surface area contributed by atoms with Crippen LogP contribution in [0.1, 0.15) is 15.9 Å². The zero-order valence-electron chi connectivity index (χ0n) is 9.70. The van der Waals surface area contributed by atoms with Gasteiger partial charge in [0.05, 0.1) is 0 Å². The molecule has 0 aromatic heterocycles. The van der Waals surface area contributed by atoms with Gasteiger partial charge in [-0.2, -0.15) is 0 Å². The van der Waals surface area contributed by atoms with Crippen LogP contribution >= 0.6 is 23.2 Å². The van der Waals surface area contributed by atoms with E-state index < -0.39 is 5.82 Å². The van der Waals surface area contributed by atoms with Gasteiger partial charge in [0.1, 0.15) is 24.5 Å². The maximum atomic E-state index is 13.2. The van der Waals surface area contributed by atoms with Gasteiger partial charge in [-0.1, -0.05) is 29.3 Å². The van der Waals surface area contributed by atoms with Gasteiger partial charge in [-0.25, -0.2) is 4.39 Å². The first-order chi connectivity index (χ1) is 9.10. The molecule has 0 saturated heterocycles. The van der Waals surface area contributed by atoms with E-state index in [9.17, 15) is 9.18 Å². The predicted molar refractivity (Wildman–Crippen MR) is 72.6 cm³/mol. The van der Waals surface area contributed by atoms with E-state index in [1.165, 1.54) is 12.1 Å². The predicted octanol–water partition coefficient (Wildman–Crippen LogP) is 4.52. The minimum atomic E-state index is -0.537. The number of benzene rings is 2. The Hall–Kier alpha value is -1.58. The maximum Gasteiger partial charge on any atom is 0.150 e.